The molecule has 2 fully saturated rings. The van der Waals surface area contributed by atoms with Crippen molar-refractivity contribution in [1.82, 2.24) is 19.7 Å². The van der Waals surface area contributed by atoms with Gasteiger partial charge in [0.25, 0.3) is 0 Å². The number of rotatable bonds is 8. The van der Waals surface area contributed by atoms with Crippen molar-refractivity contribution in [2.45, 2.75) is 38.3 Å². The van der Waals surface area contributed by atoms with Gasteiger partial charge < -0.3 is 9.64 Å². The Hall–Kier alpha value is -3.95. The fraction of sp³-hybridized carbons (Fsp3) is 0.357. The second-order valence-electron chi connectivity index (χ2n) is 9.85. The molecule has 10 heteroatoms. The van der Waals surface area contributed by atoms with Gasteiger partial charge in [0.05, 0.1) is 31.1 Å². The predicted octanol–water partition coefficient (Wildman–Crippen LogP) is 5.16. The van der Waals surface area contributed by atoms with Crippen LogP contribution in [0, 0.1) is 17.6 Å². The minimum absolute atomic E-state index is 0.0250. The van der Waals surface area contributed by atoms with E-state index < -0.39 is 18.3 Å². The van der Waals surface area contributed by atoms with Gasteiger partial charge in [-0.05, 0) is 55.0 Å². The summed E-state index contributed by atoms with van der Waals surface area (Å²) in [6.45, 7) is 0.113. The van der Waals surface area contributed by atoms with Crippen molar-refractivity contribution in [3.8, 4) is 17.1 Å². The first-order valence-electron chi connectivity index (χ1n) is 12.7. The van der Waals surface area contributed by atoms with Gasteiger partial charge in [0.15, 0.2) is 11.6 Å². The Balaban J connectivity index is 1.40. The quantitative estimate of drug-likeness (QED) is 0.298. The van der Waals surface area contributed by atoms with Gasteiger partial charge in [0, 0.05) is 30.6 Å². The summed E-state index contributed by atoms with van der Waals surface area (Å²) in [6, 6.07) is 7.51. The lowest BCUT2D eigenvalue weighted by molar-refractivity contribution is 0.0988. The third-order valence-electron chi connectivity index (χ3n) is 7.63. The average Bonchev–Trinajstić information content (AvgIpc) is 3.66. The van der Waals surface area contributed by atoms with Crippen LogP contribution in [-0.4, -0.2) is 51.9 Å². The summed E-state index contributed by atoms with van der Waals surface area (Å²) in [7, 11) is 1.42. The van der Waals surface area contributed by atoms with Crippen molar-refractivity contribution < 1.29 is 22.7 Å². The van der Waals surface area contributed by atoms with E-state index in [1.807, 2.05) is 0 Å². The number of ether oxygens (including phenoxy) is 1. The summed E-state index contributed by atoms with van der Waals surface area (Å²) in [5.74, 6) is -0.649. The van der Waals surface area contributed by atoms with Crippen LogP contribution in [0.1, 0.15) is 35.3 Å². The topological polar surface area (TPSA) is 73.1 Å². The number of alkyl halides is 1. The van der Waals surface area contributed by atoms with Crippen molar-refractivity contribution >= 4 is 22.4 Å². The van der Waals surface area contributed by atoms with Gasteiger partial charge in [0.1, 0.15) is 35.3 Å². The molecule has 7 nitrogen and oxygen atoms in total. The standard InChI is InChI=1S/C28H26F3N5O2/c1-38-24-4-2-3-20(30)25(24)28-32-9-7-22(34-28)23(37)13-17-12-21(31)27-19(14-33-36(27)10-8-29)26(17)35-15-16-5-6-18(35)11-16/h2-4,7,9,12,14,16,18H,5-6,8,10-11,13,15H2,1H3/t16-,18+/m0/s1. The smallest absolute Gasteiger partial charge is 0.185 e. The number of hydrogen-bond donors (Lipinski definition) is 0. The van der Waals surface area contributed by atoms with Gasteiger partial charge in [-0.1, -0.05) is 6.07 Å². The molecule has 0 N–H and O–H groups in total. The fourth-order valence-electron chi connectivity index (χ4n) is 5.98. The highest BCUT2D eigenvalue weighted by atomic mass is 19.1. The van der Waals surface area contributed by atoms with Gasteiger partial charge in [0.2, 0.25) is 0 Å². The molecule has 0 amide bonds. The number of carbonyl (C=O) groups is 1. The van der Waals surface area contributed by atoms with E-state index in [1.54, 1.807) is 12.3 Å². The van der Waals surface area contributed by atoms with Crippen LogP contribution in [0.4, 0.5) is 18.9 Å². The van der Waals surface area contributed by atoms with Crippen molar-refractivity contribution in [2.24, 2.45) is 5.92 Å². The third-order valence-corrected chi connectivity index (χ3v) is 7.63. The zero-order chi connectivity index (χ0) is 26.4. The number of aryl methyl sites for hydroxylation is 1. The Morgan fingerprint density at radius 1 is 1.18 bits per heavy atom. The molecule has 2 aromatic heterocycles. The van der Waals surface area contributed by atoms with Crippen LogP contribution in [0.2, 0.25) is 0 Å². The molecule has 1 aliphatic carbocycles. The van der Waals surface area contributed by atoms with Crippen molar-refractivity contribution in [3.63, 3.8) is 0 Å². The minimum Gasteiger partial charge on any atom is -0.496 e. The Morgan fingerprint density at radius 3 is 2.79 bits per heavy atom. The molecule has 1 saturated heterocycles. The van der Waals surface area contributed by atoms with E-state index in [9.17, 15) is 13.6 Å². The molecule has 196 valence electrons. The number of anilines is 1. The number of aromatic nitrogens is 4. The van der Waals surface area contributed by atoms with Gasteiger partial charge in [-0.2, -0.15) is 5.10 Å². The molecule has 2 aromatic carbocycles. The molecular weight excluding hydrogens is 495 g/mol. The second kappa shape index (κ2) is 9.74. The Kier molecular flexibility index (Phi) is 6.25. The number of Topliss-reactive ketones (excluding diaryl/α,β-unsaturated/α-hetero) is 1. The molecule has 0 spiro atoms. The lowest BCUT2D eigenvalue weighted by Crippen LogP contribution is -2.33. The maximum absolute atomic E-state index is 15.4. The minimum atomic E-state index is -0.664. The molecule has 3 heterocycles. The van der Waals surface area contributed by atoms with Crippen LogP contribution in [-0.2, 0) is 13.0 Å². The van der Waals surface area contributed by atoms with Crippen LogP contribution in [0.5, 0.6) is 5.75 Å². The molecule has 2 atom stereocenters. The Bertz CT molecular complexity index is 1540. The first-order valence-corrected chi connectivity index (χ1v) is 12.7. The zero-order valence-electron chi connectivity index (χ0n) is 20.8. The summed E-state index contributed by atoms with van der Waals surface area (Å²) in [5.41, 5.74) is 1.69. The molecule has 0 radical (unpaired) electrons. The number of ketones is 1. The normalized spacial score (nSPS) is 18.5. The van der Waals surface area contributed by atoms with Crippen molar-refractivity contribution in [3.05, 3.63) is 65.6 Å². The first-order chi connectivity index (χ1) is 18.5. The fourth-order valence-corrected chi connectivity index (χ4v) is 5.98. The Labute approximate surface area is 217 Å². The molecule has 2 aliphatic rings. The number of hydrogen-bond acceptors (Lipinski definition) is 6. The van der Waals surface area contributed by atoms with Crippen LogP contribution in [0.15, 0.2) is 42.7 Å². The van der Waals surface area contributed by atoms with Gasteiger partial charge >= 0.3 is 0 Å². The van der Waals surface area contributed by atoms with Gasteiger partial charge in [-0.25, -0.2) is 23.1 Å². The maximum Gasteiger partial charge on any atom is 0.185 e. The van der Waals surface area contributed by atoms with Crippen LogP contribution in [0.3, 0.4) is 0 Å². The second-order valence-corrected chi connectivity index (χ2v) is 9.85. The van der Waals surface area contributed by atoms with E-state index in [1.165, 1.54) is 42.3 Å². The van der Waals surface area contributed by atoms with Crippen LogP contribution < -0.4 is 9.64 Å². The van der Waals surface area contributed by atoms with E-state index in [-0.39, 0.29) is 47.1 Å². The number of halogens is 3. The maximum atomic E-state index is 15.4. The third kappa shape index (κ3) is 4.08. The van der Waals surface area contributed by atoms with E-state index in [4.69, 9.17) is 4.74 Å². The highest BCUT2D eigenvalue weighted by Crippen LogP contribution is 2.44. The number of fused-ring (bicyclic) bond motifs is 3. The number of piperidine rings is 1. The summed E-state index contributed by atoms with van der Waals surface area (Å²) < 4.78 is 49.7. The number of nitrogens with zero attached hydrogens (tertiary/aromatic N) is 5. The number of methoxy groups -OCH3 is 1. The average molecular weight is 522 g/mol. The highest BCUT2D eigenvalue weighted by Gasteiger charge is 2.40. The first kappa shape index (κ1) is 24.4. The zero-order valence-corrected chi connectivity index (χ0v) is 20.8. The van der Waals surface area contributed by atoms with E-state index in [0.29, 0.717) is 22.9 Å². The molecule has 6 rings (SSSR count). The van der Waals surface area contributed by atoms with Crippen molar-refractivity contribution in [2.75, 3.05) is 25.2 Å². The van der Waals surface area contributed by atoms with Gasteiger partial charge in [-0.3, -0.25) is 9.48 Å². The molecule has 1 saturated carbocycles. The summed E-state index contributed by atoms with van der Waals surface area (Å²) in [4.78, 5) is 24.2. The monoisotopic (exact) mass is 521 g/mol. The Morgan fingerprint density at radius 2 is 2.05 bits per heavy atom. The summed E-state index contributed by atoms with van der Waals surface area (Å²) in [5, 5.41) is 4.82. The number of benzene rings is 2. The van der Waals surface area contributed by atoms with Crippen LogP contribution in [0.25, 0.3) is 22.3 Å². The predicted molar refractivity (Wildman–Crippen MR) is 136 cm³/mol. The SMILES string of the molecule is COc1cccc(F)c1-c1nccc(C(=O)Cc2cc(F)c3c(cnn3CCF)c2N2C[C@H]3CC[C@@H]2C3)n1. The largest absolute Gasteiger partial charge is 0.496 e. The molecule has 1 aliphatic heterocycles. The van der Waals surface area contributed by atoms with Crippen molar-refractivity contribution in [1.29, 1.82) is 0 Å². The van der Waals surface area contributed by atoms with E-state index >= 15 is 4.39 Å². The van der Waals surface area contributed by atoms with Gasteiger partial charge in [-0.15, -0.1) is 0 Å². The molecule has 0 unspecified atom stereocenters. The summed E-state index contributed by atoms with van der Waals surface area (Å²) in [6.07, 6.45) is 6.10. The summed E-state index contributed by atoms with van der Waals surface area (Å²) >= 11 is 0. The molecule has 4 aromatic rings. The molecular formula is C28H26F3N5O2. The lowest BCUT2D eigenvalue weighted by atomic mass is 9.99. The van der Waals surface area contributed by atoms with Crippen LogP contribution >= 0.6 is 0 Å². The van der Waals surface area contributed by atoms with E-state index in [2.05, 4.69) is 20.0 Å². The highest BCUT2D eigenvalue weighted by molar-refractivity contribution is 6.01. The molecule has 38 heavy (non-hydrogen) atoms. The molecule has 2 bridgehead atoms. The number of carbonyl (C=O) groups excluding carboxylic acids is 1. The van der Waals surface area contributed by atoms with E-state index in [0.717, 1.165) is 31.5 Å². The lowest BCUT2D eigenvalue weighted by Gasteiger charge is -2.31.